The summed E-state index contributed by atoms with van der Waals surface area (Å²) in [5.74, 6) is -2.08. The number of fused-ring (bicyclic) bond motifs is 1. The van der Waals surface area contributed by atoms with Crippen molar-refractivity contribution in [2.24, 2.45) is 0 Å². The average Bonchev–Trinajstić information content (AvgIpc) is 3.18. The quantitative estimate of drug-likeness (QED) is 0.317. The van der Waals surface area contributed by atoms with E-state index in [-0.39, 0.29) is 12.2 Å². The number of aromatic nitrogens is 1. The molecule has 7 nitrogen and oxygen atoms in total. The highest BCUT2D eigenvalue weighted by Gasteiger charge is 2.21. The van der Waals surface area contributed by atoms with Gasteiger partial charge in [0.1, 0.15) is 5.69 Å². The van der Waals surface area contributed by atoms with Crippen molar-refractivity contribution in [3.8, 4) is 0 Å². The maximum atomic E-state index is 13.3. The van der Waals surface area contributed by atoms with Gasteiger partial charge in [0.15, 0.2) is 0 Å². The van der Waals surface area contributed by atoms with E-state index in [4.69, 9.17) is 0 Å². The molecule has 4 aromatic rings. The van der Waals surface area contributed by atoms with Crippen molar-refractivity contribution in [2.45, 2.75) is 27.3 Å². The minimum absolute atomic E-state index is 0.195. The van der Waals surface area contributed by atoms with E-state index in [1.165, 1.54) is 4.68 Å². The van der Waals surface area contributed by atoms with Crippen LogP contribution in [-0.2, 0) is 16.1 Å². The van der Waals surface area contributed by atoms with Gasteiger partial charge in [-0.1, -0.05) is 64.0 Å². The van der Waals surface area contributed by atoms with Crippen molar-refractivity contribution in [1.29, 1.82) is 0 Å². The number of carbonyl (C=O) groups is 3. The van der Waals surface area contributed by atoms with Gasteiger partial charge in [0.05, 0.1) is 5.52 Å². The van der Waals surface area contributed by atoms with Crippen LogP contribution < -0.4 is 16.1 Å². The number of benzene rings is 3. The highest BCUT2D eigenvalue weighted by atomic mass is 79.9. The molecule has 3 amide bonds. The largest absolute Gasteiger partial charge is 0.344 e. The van der Waals surface area contributed by atoms with Crippen LogP contribution in [0, 0.1) is 20.8 Å². The Morgan fingerprint density at radius 2 is 1.54 bits per heavy atom. The van der Waals surface area contributed by atoms with Crippen LogP contribution in [0.5, 0.6) is 0 Å². The molecule has 0 aliphatic rings. The Kier molecular flexibility index (Phi) is 7.02. The number of amides is 3. The Labute approximate surface area is 211 Å². The fourth-order valence-electron chi connectivity index (χ4n) is 3.78. The van der Waals surface area contributed by atoms with Crippen LogP contribution >= 0.6 is 15.9 Å². The minimum atomic E-state index is -0.876. The maximum absolute atomic E-state index is 13.3. The predicted molar refractivity (Wildman–Crippen MR) is 141 cm³/mol. The van der Waals surface area contributed by atoms with E-state index in [1.807, 2.05) is 69.3 Å². The monoisotopic (exact) mass is 532 g/mol. The summed E-state index contributed by atoms with van der Waals surface area (Å²) in [7, 11) is 0. The van der Waals surface area contributed by atoms with Gasteiger partial charge in [0, 0.05) is 22.1 Å². The highest BCUT2D eigenvalue weighted by Crippen LogP contribution is 2.25. The molecule has 0 aliphatic carbocycles. The molecule has 0 spiro atoms. The number of carbonyl (C=O) groups excluding carboxylic acids is 3. The molecule has 3 aromatic carbocycles. The van der Waals surface area contributed by atoms with E-state index in [1.54, 1.807) is 18.2 Å². The van der Waals surface area contributed by atoms with Crippen molar-refractivity contribution in [3.05, 3.63) is 99.2 Å². The van der Waals surface area contributed by atoms with Crippen LogP contribution in [0.3, 0.4) is 0 Å². The van der Waals surface area contributed by atoms with Crippen LogP contribution in [0.4, 0.5) is 5.69 Å². The first-order chi connectivity index (χ1) is 16.7. The lowest BCUT2D eigenvalue weighted by molar-refractivity contribution is -0.136. The Balaban J connectivity index is 1.59. The van der Waals surface area contributed by atoms with Crippen molar-refractivity contribution in [1.82, 2.24) is 9.99 Å². The number of hydrogen-bond acceptors (Lipinski definition) is 3. The molecule has 0 radical (unpaired) electrons. The Morgan fingerprint density at radius 3 is 2.23 bits per heavy atom. The predicted octanol–water partition coefficient (Wildman–Crippen LogP) is 4.97. The van der Waals surface area contributed by atoms with Crippen LogP contribution in [-0.4, -0.2) is 22.4 Å². The summed E-state index contributed by atoms with van der Waals surface area (Å²) in [5.41, 5.74) is 7.89. The zero-order valence-electron chi connectivity index (χ0n) is 19.6. The van der Waals surface area contributed by atoms with Gasteiger partial charge in [0.2, 0.25) is 0 Å². The van der Waals surface area contributed by atoms with Crippen molar-refractivity contribution in [2.75, 3.05) is 10.7 Å². The fourth-order valence-corrected chi connectivity index (χ4v) is 4.16. The molecule has 0 saturated heterocycles. The molecule has 0 aliphatic heterocycles. The lowest BCUT2D eigenvalue weighted by Gasteiger charge is -2.14. The molecule has 0 atom stereocenters. The normalized spacial score (nSPS) is 10.7. The van der Waals surface area contributed by atoms with Crippen molar-refractivity contribution < 1.29 is 14.4 Å². The topological polar surface area (TPSA) is 92.2 Å². The average molecular weight is 533 g/mol. The fraction of sp³-hybridized carbons (Fsp3) is 0.148. The SMILES string of the molecule is Cc1ccc(CNC(=O)C(=O)Nn2c(C(=O)Nc3c(C)cccc3C)cc3cc(Br)ccc32)cc1. The van der Waals surface area contributed by atoms with Gasteiger partial charge in [-0.05, 0) is 61.7 Å². The number of halogens is 1. The summed E-state index contributed by atoms with van der Waals surface area (Å²) in [6.07, 6.45) is 0. The number of aryl methyl sites for hydroxylation is 3. The number of anilines is 1. The van der Waals surface area contributed by atoms with E-state index < -0.39 is 17.7 Å². The van der Waals surface area contributed by atoms with Gasteiger partial charge in [-0.3, -0.25) is 19.8 Å². The van der Waals surface area contributed by atoms with Crippen LogP contribution in [0.1, 0.15) is 32.7 Å². The molecule has 35 heavy (non-hydrogen) atoms. The van der Waals surface area contributed by atoms with E-state index in [0.717, 1.165) is 32.1 Å². The lowest BCUT2D eigenvalue weighted by Crippen LogP contribution is -2.39. The van der Waals surface area contributed by atoms with Crippen molar-refractivity contribution in [3.63, 3.8) is 0 Å². The number of nitrogens with one attached hydrogen (secondary N) is 3. The first kappa shape index (κ1) is 24.2. The van der Waals surface area contributed by atoms with Gasteiger partial charge >= 0.3 is 11.8 Å². The minimum Gasteiger partial charge on any atom is -0.344 e. The van der Waals surface area contributed by atoms with Gasteiger partial charge < -0.3 is 10.6 Å². The summed E-state index contributed by atoms with van der Waals surface area (Å²) < 4.78 is 2.17. The molecular weight excluding hydrogens is 508 g/mol. The summed E-state index contributed by atoms with van der Waals surface area (Å²) in [4.78, 5) is 38.6. The highest BCUT2D eigenvalue weighted by molar-refractivity contribution is 9.10. The van der Waals surface area contributed by atoms with E-state index >= 15 is 0 Å². The molecular formula is C27H25BrN4O3. The van der Waals surface area contributed by atoms with Crippen LogP contribution in [0.25, 0.3) is 10.9 Å². The second-order valence-electron chi connectivity index (χ2n) is 8.40. The summed E-state index contributed by atoms with van der Waals surface area (Å²) in [5, 5.41) is 6.29. The zero-order valence-corrected chi connectivity index (χ0v) is 21.2. The third kappa shape index (κ3) is 5.44. The molecule has 0 saturated carbocycles. The molecule has 8 heteroatoms. The molecule has 4 rings (SSSR count). The molecule has 3 N–H and O–H groups in total. The van der Waals surface area contributed by atoms with E-state index in [0.29, 0.717) is 11.2 Å². The van der Waals surface area contributed by atoms with Gasteiger partial charge in [-0.2, -0.15) is 0 Å². The Bertz CT molecular complexity index is 1420. The Hall–Kier alpha value is -3.91. The van der Waals surface area contributed by atoms with Crippen LogP contribution in [0.2, 0.25) is 0 Å². The van der Waals surface area contributed by atoms with Crippen molar-refractivity contribution >= 4 is 50.2 Å². The zero-order chi connectivity index (χ0) is 25.1. The second kappa shape index (κ2) is 10.1. The molecule has 0 unspecified atom stereocenters. The standard InChI is InChI=1S/C27H25BrN4O3/c1-16-7-9-19(10-8-16)15-29-26(34)27(35)31-32-22-12-11-21(28)13-20(22)14-23(32)25(33)30-24-17(2)5-4-6-18(24)3/h4-14H,15H2,1-3H3,(H,29,34)(H,30,33)(H,31,35). The summed E-state index contributed by atoms with van der Waals surface area (Å²) in [6.45, 7) is 6.01. The molecule has 1 aromatic heterocycles. The van der Waals surface area contributed by atoms with E-state index in [9.17, 15) is 14.4 Å². The third-order valence-corrected chi connectivity index (χ3v) is 6.20. The third-order valence-electron chi connectivity index (χ3n) is 5.71. The van der Waals surface area contributed by atoms with Crippen LogP contribution in [0.15, 0.2) is 71.2 Å². The van der Waals surface area contributed by atoms with Gasteiger partial charge in [-0.25, -0.2) is 4.68 Å². The molecule has 0 fully saturated rings. The lowest BCUT2D eigenvalue weighted by atomic mass is 10.1. The number of para-hydroxylation sites is 1. The molecule has 0 bridgehead atoms. The first-order valence-corrected chi connectivity index (χ1v) is 11.9. The molecule has 1 heterocycles. The summed E-state index contributed by atoms with van der Waals surface area (Å²) in [6, 6.07) is 20.5. The number of hydrogen-bond donors (Lipinski definition) is 3. The van der Waals surface area contributed by atoms with E-state index in [2.05, 4.69) is 32.0 Å². The number of nitrogens with zero attached hydrogens (tertiary/aromatic N) is 1. The first-order valence-electron chi connectivity index (χ1n) is 11.1. The Morgan fingerprint density at radius 1 is 0.857 bits per heavy atom. The smallest absolute Gasteiger partial charge is 0.328 e. The van der Waals surface area contributed by atoms with Gasteiger partial charge in [0.25, 0.3) is 5.91 Å². The number of rotatable bonds is 5. The summed E-state index contributed by atoms with van der Waals surface area (Å²) >= 11 is 3.44. The van der Waals surface area contributed by atoms with Gasteiger partial charge in [-0.15, -0.1) is 0 Å². The molecule has 178 valence electrons. The second-order valence-corrected chi connectivity index (χ2v) is 9.31. The maximum Gasteiger partial charge on any atom is 0.328 e.